The van der Waals surface area contributed by atoms with Crippen molar-refractivity contribution in [1.29, 1.82) is 0 Å². The Hall–Kier alpha value is -1.14. The maximum Gasteiger partial charge on any atom is 0.321 e. The first kappa shape index (κ1) is 16.9. The van der Waals surface area contributed by atoms with Crippen molar-refractivity contribution in [3.8, 4) is 0 Å². The predicted octanol–water partition coefficient (Wildman–Crippen LogP) is 0.139. The Morgan fingerprint density at radius 3 is 2.39 bits per heavy atom. The van der Waals surface area contributed by atoms with Gasteiger partial charge in [0.15, 0.2) is 0 Å². The average Bonchev–Trinajstić information content (AvgIpc) is 2.34. The lowest BCUT2D eigenvalue weighted by Crippen LogP contribution is -2.42. The van der Waals surface area contributed by atoms with Crippen LogP contribution in [0.4, 0.5) is 4.79 Å². The number of hydrogen-bond acceptors (Lipinski definition) is 4. The summed E-state index contributed by atoms with van der Waals surface area (Å²) < 4.78 is 0. The van der Waals surface area contributed by atoms with E-state index < -0.39 is 6.03 Å². The Balaban J connectivity index is 4.08. The number of urea groups is 1. The molecule has 0 atom stereocenters. The maximum atomic E-state index is 11.4. The van der Waals surface area contributed by atoms with Gasteiger partial charge in [-0.3, -0.25) is 10.1 Å². The van der Waals surface area contributed by atoms with E-state index >= 15 is 0 Å². The summed E-state index contributed by atoms with van der Waals surface area (Å²) in [6.45, 7) is 9.17. The van der Waals surface area contributed by atoms with Crippen molar-refractivity contribution in [2.75, 3.05) is 33.2 Å². The molecule has 0 unspecified atom stereocenters. The highest BCUT2D eigenvalue weighted by atomic mass is 16.2. The third-order valence-electron chi connectivity index (χ3n) is 2.79. The van der Waals surface area contributed by atoms with Crippen LogP contribution in [0.1, 0.15) is 27.2 Å². The highest BCUT2D eigenvalue weighted by Gasteiger charge is 2.19. The van der Waals surface area contributed by atoms with Crippen LogP contribution in [0.3, 0.4) is 0 Å². The molecule has 4 N–H and O–H groups in total. The van der Waals surface area contributed by atoms with E-state index in [9.17, 15) is 9.59 Å². The molecule has 0 aliphatic rings. The maximum absolute atomic E-state index is 11.4. The summed E-state index contributed by atoms with van der Waals surface area (Å²) in [5.41, 5.74) is 5.73. The first-order valence-corrected chi connectivity index (χ1v) is 6.28. The van der Waals surface area contributed by atoms with Crippen molar-refractivity contribution in [1.82, 2.24) is 15.5 Å². The van der Waals surface area contributed by atoms with E-state index in [0.29, 0.717) is 19.5 Å². The summed E-state index contributed by atoms with van der Waals surface area (Å²) in [5, 5.41) is 4.59. The average molecular weight is 258 g/mol. The second kappa shape index (κ2) is 8.05. The van der Waals surface area contributed by atoms with Crippen LogP contribution < -0.4 is 16.4 Å². The molecule has 0 aliphatic carbocycles. The molecular formula is C12H26N4O2. The zero-order valence-corrected chi connectivity index (χ0v) is 11.9. The van der Waals surface area contributed by atoms with Gasteiger partial charge in [-0.05, 0) is 18.5 Å². The van der Waals surface area contributed by atoms with Gasteiger partial charge >= 0.3 is 6.03 Å². The molecule has 0 radical (unpaired) electrons. The second-order valence-corrected chi connectivity index (χ2v) is 5.11. The topological polar surface area (TPSA) is 87.5 Å². The monoisotopic (exact) mass is 258 g/mol. The Kier molecular flexibility index (Phi) is 7.54. The van der Waals surface area contributed by atoms with Crippen molar-refractivity contribution in [3.05, 3.63) is 0 Å². The molecule has 0 saturated carbocycles. The molecule has 3 amide bonds. The van der Waals surface area contributed by atoms with Crippen molar-refractivity contribution in [3.63, 3.8) is 0 Å². The first-order chi connectivity index (χ1) is 8.34. The van der Waals surface area contributed by atoms with Crippen LogP contribution in [0.2, 0.25) is 0 Å². The summed E-state index contributed by atoms with van der Waals surface area (Å²) in [6.07, 6.45) is 0.307. The summed E-state index contributed by atoms with van der Waals surface area (Å²) in [6, 6.07) is -0.467. The van der Waals surface area contributed by atoms with Gasteiger partial charge in [0.25, 0.3) is 0 Å². The zero-order valence-electron chi connectivity index (χ0n) is 11.9. The fourth-order valence-corrected chi connectivity index (χ4v) is 1.53. The Bertz CT molecular complexity index is 279. The number of nitrogens with one attached hydrogen (secondary N) is 2. The van der Waals surface area contributed by atoms with Crippen LogP contribution in [-0.4, -0.2) is 50.1 Å². The zero-order chi connectivity index (χ0) is 14.2. The van der Waals surface area contributed by atoms with Crippen LogP contribution >= 0.6 is 0 Å². The van der Waals surface area contributed by atoms with E-state index in [4.69, 9.17) is 5.73 Å². The highest BCUT2D eigenvalue weighted by Crippen LogP contribution is 2.14. The lowest BCUT2D eigenvalue weighted by Gasteiger charge is -2.30. The summed E-state index contributed by atoms with van der Waals surface area (Å²) in [5.74, 6) is -0.265. The van der Waals surface area contributed by atoms with Crippen molar-refractivity contribution in [2.24, 2.45) is 11.1 Å². The normalized spacial score (nSPS) is 11.4. The number of rotatable bonds is 7. The number of nitrogens with two attached hydrogens (primary N) is 1. The van der Waals surface area contributed by atoms with E-state index in [0.717, 1.165) is 13.1 Å². The standard InChI is InChI=1S/C12H26N4O2/c1-5-16(9-12(2,3)8-13)7-6-10(17)15-11(18)14-4/h5-9,13H2,1-4H3,(H2,14,15,17,18). The van der Waals surface area contributed by atoms with E-state index in [2.05, 4.69) is 29.4 Å². The molecule has 0 aromatic heterocycles. The van der Waals surface area contributed by atoms with Crippen LogP contribution in [0, 0.1) is 5.41 Å². The number of imide groups is 1. The van der Waals surface area contributed by atoms with Crippen molar-refractivity contribution < 1.29 is 9.59 Å². The van der Waals surface area contributed by atoms with Crippen molar-refractivity contribution >= 4 is 11.9 Å². The van der Waals surface area contributed by atoms with E-state index in [-0.39, 0.29) is 11.3 Å². The van der Waals surface area contributed by atoms with Gasteiger partial charge in [-0.15, -0.1) is 0 Å². The summed E-state index contributed by atoms with van der Waals surface area (Å²) in [7, 11) is 1.48. The largest absolute Gasteiger partial charge is 0.341 e. The van der Waals surface area contributed by atoms with E-state index in [1.165, 1.54) is 7.05 Å². The number of hydrogen-bond donors (Lipinski definition) is 3. The minimum absolute atomic E-state index is 0.0350. The van der Waals surface area contributed by atoms with Gasteiger partial charge in [0.2, 0.25) is 5.91 Å². The van der Waals surface area contributed by atoms with Gasteiger partial charge in [-0.1, -0.05) is 20.8 Å². The minimum atomic E-state index is -0.467. The smallest absolute Gasteiger partial charge is 0.321 e. The summed E-state index contributed by atoms with van der Waals surface area (Å²) >= 11 is 0. The number of carbonyl (C=O) groups is 2. The summed E-state index contributed by atoms with van der Waals surface area (Å²) in [4.78, 5) is 24.5. The van der Waals surface area contributed by atoms with Gasteiger partial charge in [-0.2, -0.15) is 0 Å². The van der Waals surface area contributed by atoms with Crippen LogP contribution in [0.15, 0.2) is 0 Å². The third kappa shape index (κ3) is 7.24. The lowest BCUT2D eigenvalue weighted by atomic mass is 9.93. The van der Waals surface area contributed by atoms with Crippen LogP contribution in [0.25, 0.3) is 0 Å². The number of amides is 3. The molecule has 0 rings (SSSR count). The lowest BCUT2D eigenvalue weighted by molar-refractivity contribution is -0.120. The van der Waals surface area contributed by atoms with Crippen LogP contribution in [-0.2, 0) is 4.79 Å². The third-order valence-corrected chi connectivity index (χ3v) is 2.79. The molecule has 0 fully saturated rings. The number of nitrogens with zero attached hydrogens (tertiary/aromatic N) is 1. The van der Waals surface area contributed by atoms with Gasteiger partial charge < -0.3 is 16.0 Å². The van der Waals surface area contributed by atoms with E-state index in [1.54, 1.807) is 0 Å². The highest BCUT2D eigenvalue weighted by molar-refractivity contribution is 5.94. The van der Waals surface area contributed by atoms with Gasteiger partial charge in [0, 0.05) is 26.6 Å². The molecular weight excluding hydrogens is 232 g/mol. The van der Waals surface area contributed by atoms with Crippen LogP contribution in [0.5, 0.6) is 0 Å². The van der Waals surface area contributed by atoms with Gasteiger partial charge in [-0.25, -0.2) is 4.79 Å². The Labute approximate surface area is 109 Å². The molecule has 0 aromatic rings. The van der Waals surface area contributed by atoms with Gasteiger partial charge in [0.05, 0.1) is 0 Å². The molecule has 18 heavy (non-hydrogen) atoms. The van der Waals surface area contributed by atoms with Crippen molar-refractivity contribution in [2.45, 2.75) is 27.2 Å². The molecule has 6 nitrogen and oxygen atoms in total. The SMILES string of the molecule is CCN(CCC(=O)NC(=O)NC)CC(C)(C)CN. The molecule has 0 aliphatic heterocycles. The number of carbonyl (C=O) groups excluding carboxylic acids is 2. The predicted molar refractivity (Wildman–Crippen MR) is 72.2 cm³/mol. The second-order valence-electron chi connectivity index (χ2n) is 5.11. The van der Waals surface area contributed by atoms with E-state index in [1.807, 2.05) is 6.92 Å². The van der Waals surface area contributed by atoms with Gasteiger partial charge in [0.1, 0.15) is 0 Å². The molecule has 0 saturated heterocycles. The molecule has 0 aromatic carbocycles. The Morgan fingerprint density at radius 2 is 1.94 bits per heavy atom. The first-order valence-electron chi connectivity index (χ1n) is 6.28. The quantitative estimate of drug-likeness (QED) is 0.606. The molecule has 0 spiro atoms. The fourth-order valence-electron chi connectivity index (χ4n) is 1.53. The molecule has 0 heterocycles. The molecule has 0 bridgehead atoms. The minimum Gasteiger partial charge on any atom is -0.341 e. The fraction of sp³-hybridized carbons (Fsp3) is 0.833. The molecule has 106 valence electrons. The Morgan fingerprint density at radius 1 is 1.33 bits per heavy atom. The molecule has 6 heteroatoms.